The first-order valence-electron chi connectivity index (χ1n) is 16.4. The van der Waals surface area contributed by atoms with E-state index < -0.39 is 28.1 Å². The standard InChI is InChI=1S/C36H48N4O7S/c1-25-14-17-31(18-15-25)48(44,45)38-30-16-19-33-32(21-30)35(42)40(27(3)24-41)22-26(2)34(46-20-10-9-11-28(4)47-33)23-39(5)36(43)37-29-12-7-6-8-13-29/h6-8,12-19,21,26-28,34,38,41H,9-11,20,22-24H2,1-5H3,(H,37,43)/t26-,27+,28+,34+/m0/s1. The molecule has 4 atom stereocenters. The first-order chi connectivity index (χ1) is 22.9. The third-order valence-electron chi connectivity index (χ3n) is 8.46. The van der Waals surface area contributed by atoms with E-state index in [1.54, 1.807) is 48.0 Å². The zero-order valence-corrected chi connectivity index (χ0v) is 29.2. The largest absolute Gasteiger partial charge is 0.490 e. The molecule has 1 heterocycles. The molecule has 0 aromatic heterocycles. The second-order valence-electron chi connectivity index (χ2n) is 12.6. The van der Waals surface area contributed by atoms with Crippen LogP contribution in [0.2, 0.25) is 0 Å². The molecule has 11 nitrogen and oxygen atoms in total. The fraction of sp³-hybridized carbons (Fsp3) is 0.444. The Morgan fingerprint density at radius 1 is 1.04 bits per heavy atom. The lowest BCUT2D eigenvalue weighted by Gasteiger charge is -2.35. The number of anilines is 2. The maximum Gasteiger partial charge on any atom is 0.321 e. The lowest BCUT2D eigenvalue weighted by atomic mass is 10.0. The Labute approximate surface area is 284 Å². The highest BCUT2D eigenvalue weighted by Crippen LogP contribution is 2.29. The molecule has 0 bridgehead atoms. The molecule has 4 rings (SSSR count). The number of hydrogen-bond donors (Lipinski definition) is 3. The summed E-state index contributed by atoms with van der Waals surface area (Å²) in [6.45, 7) is 8.15. The zero-order chi connectivity index (χ0) is 34.8. The molecule has 0 saturated heterocycles. The molecule has 0 spiro atoms. The van der Waals surface area contributed by atoms with Crippen LogP contribution in [0.15, 0.2) is 77.7 Å². The average Bonchev–Trinajstić information content (AvgIpc) is 3.06. The Balaban J connectivity index is 1.63. The first kappa shape index (κ1) is 36.7. The van der Waals surface area contributed by atoms with Crippen molar-refractivity contribution >= 4 is 33.3 Å². The first-order valence-corrected chi connectivity index (χ1v) is 17.9. The molecule has 3 N–H and O–H groups in total. The molecule has 0 unspecified atom stereocenters. The molecule has 3 amide bonds. The molecule has 12 heteroatoms. The summed E-state index contributed by atoms with van der Waals surface area (Å²) in [4.78, 5) is 30.6. The lowest BCUT2D eigenvalue weighted by molar-refractivity contribution is -0.0115. The van der Waals surface area contributed by atoms with Gasteiger partial charge in [-0.1, -0.05) is 42.8 Å². The number of aliphatic hydroxyl groups is 1. The van der Waals surface area contributed by atoms with Gasteiger partial charge in [0.1, 0.15) is 5.75 Å². The predicted octanol–water partition coefficient (Wildman–Crippen LogP) is 5.76. The Bertz CT molecular complexity index is 1620. The summed E-state index contributed by atoms with van der Waals surface area (Å²) >= 11 is 0. The van der Waals surface area contributed by atoms with Crippen molar-refractivity contribution in [2.45, 2.75) is 70.1 Å². The summed E-state index contributed by atoms with van der Waals surface area (Å²) in [6.07, 6.45) is 1.65. The summed E-state index contributed by atoms with van der Waals surface area (Å²) in [6, 6.07) is 19.5. The molecule has 260 valence electrons. The normalized spacial score (nSPS) is 20.1. The number of para-hydroxylation sites is 1. The molecular weight excluding hydrogens is 632 g/mol. The zero-order valence-electron chi connectivity index (χ0n) is 28.4. The van der Waals surface area contributed by atoms with Gasteiger partial charge in [-0.3, -0.25) is 9.52 Å². The fourth-order valence-corrected chi connectivity index (χ4v) is 6.52. The van der Waals surface area contributed by atoms with Crippen molar-refractivity contribution in [2.75, 3.05) is 43.4 Å². The quantitative estimate of drug-likeness (QED) is 0.275. The smallest absolute Gasteiger partial charge is 0.321 e. The van der Waals surface area contributed by atoms with E-state index in [2.05, 4.69) is 10.0 Å². The van der Waals surface area contributed by atoms with Crippen molar-refractivity contribution in [2.24, 2.45) is 5.92 Å². The van der Waals surface area contributed by atoms with E-state index in [1.165, 1.54) is 18.2 Å². The van der Waals surface area contributed by atoms with E-state index in [4.69, 9.17) is 9.47 Å². The summed E-state index contributed by atoms with van der Waals surface area (Å²) in [7, 11) is -2.23. The molecule has 3 aromatic carbocycles. The lowest BCUT2D eigenvalue weighted by Crippen LogP contribution is -2.48. The van der Waals surface area contributed by atoms with E-state index in [0.29, 0.717) is 24.5 Å². The van der Waals surface area contributed by atoms with E-state index in [9.17, 15) is 23.1 Å². The Morgan fingerprint density at radius 2 is 1.75 bits per heavy atom. The minimum Gasteiger partial charge on any atom is -0.490 e. The molecule has 1 aliphatic rings. The van der Waals surface area contributed by atoms with Crippen LogP contribution in [-0.4, -0.2) is 86.9 Å². The van der Waals surface area contributed by atoms with Crippen molar-refractivity contribution in [3.8, 4) is 5.75 Å². The molecule has 1 aliphatic heterocycles. The van der Waals surface area contributed by atoms with Crippen molar-refractivity contribution in [1.29, 1.82) is 0 Å². The van der Waals surface area contributed by atoms with Crippen molar-refractivity contribution in [3.63, 3.8) is 0 Å². The Hall–Kier alpha value is -4.13. The number of nitrogens with one attached hydrogen (secondary N) is 2. The van der Waals surface area contributed by atoms with Gasteiger partial charge >= 0.3 is 6.03 Å². The Kier molecular flexibility index (Phi) is 12.9. The van der Waals surface area contributed by atoms with E-state index in [0.717, 1.165) is 18.4 Å². The SMILES string of the molecule is Cc1ccc(S(=O)(=O)Nc2ccc3c(c2)C(=O)N([C@H](C)CO)C[C@H](C)[C@@H](CN(C)C(=O)Nc2ccccc2)OCCCC[C@@H](C)O3)cc1. The number of urea groups is 1. The number of sulfonamides is 1. The van der Waals surface area contributed by atoms with Gasteiger partial charge in [-0.15, -0.1) is 0 Å². The summed E-state index contributed by atoms with van der Waals surface area (Å²) in [5.74, 6) is -0.340. The molecule has 48 heavy (non-hydrogen) atoms. The van der Waals surface area contributed by atoms with Crippen LogP contribution in [0.1, 0.15) is 56.0 Å². The number of benzene rings is 3. The van der Waals surface area contributed by atoms with Crippen LogP contribution in [0.4, 0.5) is 16.2 Å². The monoisotopic (exact) mass is 680 g/mol. The molecular formula is C36H48N4O7S. The molecule has 0 fully saturated rings. The number of carbonyl (C=O) groups excluding carboxylic acids is 2. The maximum absolute atomic E-state index is 14.4. The maximum atomic E-state index is 14.4. The van der Waals surface area contributed by atoms with Crippen LogP contribution < -0.4 is 14.8 Å². The van der Waals surface area contributed by atoms with Crippen molar-refractivity contribution in [3.05, 3.63) is 83.9 Å². The number of amides is 3. The second-order valence-corrected chi connectivity index (χ2v) is 14.3. The highest BCUT2D eigenvalue weighted by molar-refractivity contribution is 7.92. The van der Waals surface area contributed by atoms with Crippen LogP contribution in [0, 0.1) is 12.8 Å². The summed E-state index contributed by atoms with van der Waals surface area (Å²) < 4.78 is 41.6. The van der Waals surface area contributed by atoms with Crippen molar-refractivity contribution < 1.29 is 32.6 Å². The van der Waals surface area contributed by atoms with Gasteiger partial charge in [0, 0.05) is 44.0 Å². The number of aryl methyl sites for hydroxylation is 1. The second kappa shape index (κ2) is 16.8. The fourth-order valence-electron chi connectivity index (χ4n) is 5.47. The third-order valence-corrected chi connectivity index (χ3v) is 9.86. The van der Waals surface area contributed by atoms with Gasteiger partial charge in [0.05, 0.1) is 35.3 Å². The number of nitrogens with zero attached hydrogens (tertiary/aromatic N) is 2. The third kappa shape index (κ3) is 9.94. The van der Waals surface area contributed by atoms with E-state index in [-0.39, 0.29) is 53.9 Å². The number of hydrogen-bond acceptors (Lipinski definition) is 7. The highest BCUT2D eigenvalue weighted by Gasteiger charge is 2.31. The number of fused-ring (bicyclic) bond motifs is 1. The number of likely N-dealkylation sites (N-methyl/N-ethyl adjacent to an activating group) is 1. The van der Waals surface area contributed by atoms with Gasteiger partial charge in [-0.2, -0.15) is 0 Å². The highest BCUT2D eigenvalue weighted by atomic mass is 32.2. The van der Waals surface area contributed by atoms with Crippen LogP contribution >= 0.6 is 0 Å². The summed E-state index contributed by atoms with van der Waals surface area (Å²) in [5.41, 5.74) is 1.99. The average molecular weight is 681 g/mol. The van der Waals surface area contributed by atoms with Crippen LogP contribution in [0.3, 0.4) is 0 Å². The Morgan fingerprint density at radius 3 is 2.44 bits per heavy atom. The number of carbonyl (C=O) groups is 2. The van der Waals surface area contributed by atoms with E-state index >= 15 is 0 Å². The topological polar surface area (TPSA) is 138 Å². The van der Waals surface area contributed by atoms with Crippen LogP contribution in [0.5, 0.6) is 5.75 Å². The number of rotatable bonds is 8. The van der Waals surface area contributed by atoms with Gasteiger partial charge in [0.2, 0.25) is 0 Å². The van der Waals surface area contributed by atoms with Crippen molar-refractivity contribution in [1.82, 2.24) is 9.80 Å². The minimum absolute atomic E-state index is 0.0993. The van der Waals surface area contributed by atoms with Gasteiger partial charge in [0.15, 0.2) is 0 Å². The van der Waals surface area contributed by atoms with Crippen LogP contribution in [0.25, 0.3) is 0 Å². The predicted molar refractivity (Wildman–Crippen MR) is 187 cm³/mol. The summed E-state index contributed by atoms with van der Waals surface area (Å²) in [5, 5.41) is 13.1. The molecule has 3 aromatic rings. The number of aliphatic hydroxyl groups excluding tert-OH is 1. The number of ether oxygens (including phenoxy) is 2. The van der Waals surface area contributed by atoms with Gasteiger partial charge in [-0.05, 0) is 82.5 Å². The van der Waals surface area contributed by atoms with Gasteiger partial charge < -0.3 is 29.7 Å². The van der Waals surface area contributed by atoms with Gasteiger partial charge in [-0.25, -0.2) is 13.2 Å². The van der Waals surface area contributed by atoms with Gasteiger partial charge in [0.25, 0.3) is 15.9 Å². The molecule has 0 radical (unpaired) electrons. The molecule has 0 aliphatic carbocycles. The van der Waals surface area contributed by atoms with E-state index in [1.807, 2.05) is 51.1 Å². The van der Waals surface area contributed by atoms with Crippen LogP contribution in [-0.2, 0) is 14.8 Å². The molecule has 0 saturated carbocycles. The minimum atomic E-state index is -3.93.